The van der Waals surface area contributed by atoms with Gasteiger partial charge in [0.2, 0.25) is 12.2 Å². The van der Waals surface area contributed by atoms with Gasteiger partial charge in [0, 0.05) is 12.8 Å². The number of hydrogen-bond donors (Lipinski definition) is 0. The molecular formula is C12H16N2O4. The highest BCUT2D eigenvalue weighted by Crippen LogP contribution is 2.09. The number of carbonyl (C=O) groups is 2. The Bertz CT molecular complexity index is 330. The van der Waals surface area contributed by atoms with Crippen molar-refractivity contribution in [2.75, 3.05) is 0 Å². The van der Waals surface area contributed by atoms with Gasteiger partial charge in [0.25, 0.3) is 11.8 Å². The van der Waals surface area contributed by atoms with Gasteiger partial charge in [-0.3, -0.25) is 9.59 Å². The van der Waals surface area contributed by atoms with E-state index in [0.29, 0.717) is 12.8 Å². The van der Waals surface area contributed by atoms with Gasteiger partial charge in [0.05, 0.1) is 0 Å². The molecule has 0 atom stereocenters. The van der Waals surface area contributed by atoms with E-state index in [9.17, 15) is 19.2 Å². The van der Waals surface area contributed by atoms with Crippen molar-refractivity contribution in [3.05, 3.63) is 0 Å². The van der Waals surface area contributed by atoms with Gasteiger partial charge in [-0.1, -0.05) is 25.7 Å². The molecular weight excluding hydrogens is 236 g/mol. The van der Waals surface area contributed by atoms with Crippen molar-refractivity contribution in [1.82, 2.24) is 0 Å². The smallest absolute Gasteiger partial charge is 0.256 e. The van der Waals surface area contributed by atoms with Crippen LogP contribution < -0.4 is 0 Å². The normalized spacial score (nSPS) is 9.11. The fourth-order valence-electron chi connectivity index (χ4n) is 1.47. The van der Waals surface area contributed by atoms with Gasteiger partial charge in [0.15, 0.2) is 0 Å². The van der Waals surface area contributed by atoms with E-state index in [2.05, 4.69) is 9.98 Å². The third-order valence-corrected chi connectivity index (χ3v) is 2.37. The molecule has 0 aliphatic heterocycles. The standard InChI is InChI=1S/C12H16N2O4/c15-9-13-11(17)7-5-3-1-2-4-6-8-12(18)14-10-16/h1-8H2. The quantitative estimate of drug-likeness (QED) is 0.355. The Labute approximate surface area is 105 Å². The molecule has 0 aromatic carbocycles. The van der Waals surface area contributed by atoms with E-state index in [1.165, 1.54) is 12.2 Å². The number of hydrogen-bond acceptors (Lipinski definition) is 4. The van der Waals surface area contributed by atoms with Crippen LogP contribution in [0.15, 0.2) is 9.98 Å². The first-order valence-electron chi connectivity index (χ1n) is 5.92. The number of unbranched alkanes of at least 4 members (excludes halogenated alkanes) is 5. The molecule has 2 amide bonds. The van der Waals surface area contributed by atoms with Crippen LogP contribution in [-0.2, 0) is 19.2 Å². The monoisotopic (exact) mass is 252 g/mol. The molecule has 0 aliphatic carbocycles. The predicted octanol–water partition coefficient (Wildman–Crippen LogP) is 1.83. The Morgan fingerprint density at radius 3 is 1.33 bits per heavy atom. The van der Waals surface area contributed by atoms with Crippen LogP contribution in [0.1, 0.15) is 51.4 Å². The molecule has 0 N–H and O–H groups in total. The lowest BCUT2D eigenvalue weighted by atomic mass is 10.1. The summed E-state index contributed by atoms with van der Waals surface area (Å²) in [4.78, 5) is 47.1. The minimum atomic E-state index is -0.428. The van der Waals surface area contributed by atoms with Gasteiger partial charge in [-0.25, -0.2) is 9.59 Å². The van der Waals surface area contributed by atoms with E-state index in [0.717, 1.165) is 25.7 Å². The molecule has 6 heteroatoms. The lowest BCUT2D eigenvalue weighted by Crippen LogP contribution is -1.93. The molecule has 0 bridgehead atoms. The van der Waals surface area contributed by atoms with Crippen molar-refractivity contribution in [1.29, 1.82) is 0 Å². The minimum absolute atomic E-state index is 0.280. The molecule has 0 saturated heterocycles. The molecule has 0 radical (unpaired) electrons. The number of amides is 2. The molecule has 0 rings (SSSR count). The Hall–Kier alpha value is -1.90. The number of nitrogens with zero attached hydrogens (tertiary/aromatic N) is 2. The van der Waals surface area contributed by atoms with Crippen molar-refractivity contribution in [2.24, 2.45) is 9.98 Å². The number of aliphatic imine (C=N–C) groups is 2. The van der Waals surface area contributed by atoms with Crippen molar-refractivity contribution < 1.29 is 19.2 Å². The van der Waals surface area contributed by atoms with Crippen LogP contribution in [-0.4, -0.2) is 24.0 Å². The molecule has 6 nitrogen and oxygen atoms in total. The fraction of sp³-hybridized carbons (Fsp3) is 0.667. The van der Waals surface area contributed by atoms with Crippen molar-refractivity contribution >= 4 is 24.0 Å². The average molecular weight is 252 g/mol. The SMILES string of the molecule is O=C=NC(=O)CCCCCCCCC(=O)N=C=O. The average Bonchev–Trinajstić information content (AvgIpc) is 2.33. The predicted molar refractivity (Wildman–Crippen MR) is 63.2 cm³/mol. The van der Waals surface area contributed by atoms with Crippen LogP contribution in [0, 0.1) is 0 Å². The molecule has 98 valence electrons. The third-order valence-electron chi connectivity index (χ3n) is 2.37. The topological polar surface area (TPSA) is 93.0 Å². The zero-order valence-corrected chi connectivity index (χ0v) is 10.2. The molecule has 0 aromatic heterocycles. The zero-order chi connectivity index (χ0) is 13.6. The van der Waals surface area contributed by atoms with E-state index in [1.54, 1.807) is 0 Å². The summed E-state index contributed by atoms with van der Waals surface area (Å²) in [6.07, 6.45) is 8.10. The van der Waals surface area contributed by atoms with Gasteiger partial charge >= 0.3 is 0 Å². The van der Waals surface area contributed by atoms with Crippen LogP contribution in [0.2, 0.25) is 0 Å². The lowest BCUT2D eigenvalue weighted by Gasteiger charge is -1.99. The summed E-state index contributed by atoms with van der Waals surface area (Å²) in [5.74, 6) is -0.857. The fourth-order valence-corrected chi connectivity index (χ4v) is 1.47. The van der Waals surface area contributed by atoms with Crippen LogP contribution in [0.25, 0.3) is 0 Å². The van der Waals surface area contributed by atoms with E-state index in [4.69, 9.17) is 0 Å². The summed E-state index contributed by atoms with van der Waals surface area (Å²) in [6.45, 7) is 0. The van der Waals surface area contributed by atoms with Crippen LogP contribution >= 0.6 is 0 Å². The second-order valence-corrected chi connectivity index (χ2v) is 3.81. The first-order chi connectivity index (χ1) is 8.70. The van der Waals surface area contributed by atoms with E-state index < -0.39 is 11.8 Å². The zero-order valence-electron chi connectivity index (χ0n) is 10.2. The number of rotatable bonds is 9. The maximum absolute atomic E-state index is 10.8. The molecule has 0 heterocycles. The highest BCUT2D eigenvalue weighted by molar-refractivity contribution is 5.81. The summed E-state index contributed by atoms with van der Waals surface area (Å²) in [5.41, 5.74) is 0. The van der Waals surface area contributed by atoms with Crippen LogP contribution in [0.4, 0.5) is 0 Å². The van der Waals surface area contributed by atoms with E-state index in [-0.39, 0.29) is 12.8 Å². The highest BCUT2D eigenvalue weighted by atomic mass is 16.2. The Morgan fingerprint density at radius 1 is 0.667 bits per heavy atom. The minimum Gasteiger partial charge on any atom is -0.272 e. The summed E-state index contributed by atoms with van der Waals surface area (Å²) in [6, 6.07) is 0. The Balaban J connectivity index is 3.31. The largest absolute Gasteiger partial charge is 0.272 e. The van der Waals surface area contributed by atoms with Gasteiger partial charge in [0.1, 0.15) is 0 Å². The summed E-state index contributed by atoms with van der Waals surface area (Å²) >= 11 is 0. The number of carbonyl (C=O) groups excluding carboxylic acids is 4. The van der Waals surface area contributed by atoms with Crippen molar-refractivity contribution in [3.63, 3.8) is 0 Å². The van der Waals surface area contributed by atoms with Crippen molar-refractivity contribution in [2.45, 2.75) is 51.4 Å². The molecule has 0 fully saturated rings. The number of isocyanates is 2. The first-order valence-corrected chi connectivity index (χ1v) is 5.92. The van der Waals surface area contributed by atoms with Crippen LogP contribution in [0.5, 0.6) is 0 Å². The second kappa shape index (κ2) is 11.6. The summed E-state index contributed by atoms with van der Waals surface area (Å²) < 4.78 is 0. The molecule has 0 unspecified atom stereocenters. The molecule has 0 spiro atoms. The molecule has 0 saturated carbocycles. The van der Waals surface area contributed by atoms with Gasteiger partial charge in [-0.15, -0.1) is 9.98 Å². The molecule has 18 heavy (non-hydrogen) atoms. The Kier molecular flexibility index (Phi) is 10.4. The summed E-state index contributed by atoms with van der Waals surface area (Å²) in [7, 11) is 0. The van der Waals surface area contributed by atoms with E-state index >= 15 is 0 Å². The highest BCUT2D eigenvalue weighted by Gasteiger charge is 2.00. The maximum Gasteiger partial charge on any atom is 0.256 e. The molecule has 0 aliphatic rings. The lowest BCUT2D eigenvalue weighted by molar-refractivity contribution is -0.118. The maximum atomic E-state index is 10.8. The van der Waals surface area contributed by atoms with E-state index in [1.807, 2.05) is 0 Å². The molecule has 0 aromatic rings. The first kappa shape index (κ1) is 16.1. The third kappa shape index (κ3) is 10.6. The van der Waals surface area contributed by atoms with Gasteiger partial charge in [-0.05, 0) is 12.8 Å². The van der Waals surface area contributed by atoms with Crippen LogP contribution in [0.3, 0.4) is 0 Å². The van der Waals surface area contributed by atoms with Gasteiger partial charge < -0.3 is 0 Å². The summed E-state index contributed by atoms with van der Waals surface area (Å²) in [5, 5.41) is 0. The Morgan fingerprint density at radius 2 is 1.00 bits per heavy atom. The van der Waals surface area contributed by atoms with Gasteiger partial charge in [-0.2, -0.15) is 0 Å². The second-order valence-electron chi connectivity index (χ2n) is 3.81. The van der Waals surface area contributed by atoms with Crippen molar-refractivity contribution in [3.8, 4) is 0 Å².